The van der Waals surface area contributed by atoms with E-state index in [9.17, 15) is 8.42 Å². The monoisotopic (exact) mass is 283 g/mol. The molecule has 0 aliphatic rings. The van der Waals surface area contributed by atoms with Crippen molar-refractivity contribution in [1.29, 1.82) is 0 Å². The Labute approximate surface area is 117 Å². The van der Waals surface area contributed by atoms with Gasteiger partial charge in [0, 0.05) is 6.04 Å². The van der Waals surface area contributed by atoms with Gasteiger partial charge in [0.1, 0.15) is 0 Å². The number of aryl methyl sites for hydroxylation is 2. The molecule has 0 atom stereocenters. The van der Waals surface area contributed by atoms with E-state index in [2.05, 4.69) is 4.72 Å². The molecular weight excluding hydrogens is 258 g/mol. The molecule has 0 bridgehead atoms. The second-order valence-electron chi connectivity index (χ2n) is 5.22. The third-order valence-corrected chi connectivity index (χ3v) is 5.67. The van der Waals surface area contributed by atoms with Gasteiger partial charge in [0.15, 0.2) is 0 Å². The summed E-state index contributed by atoms with van der Waals surface area (Å²) < 4.78 is 28.0. The number of nitrogens with one attached hydrogen (secondary N) is 1. The van der Waals surface area contributed by atoms with Crippen molar-refractivity contribution in [2.45, 2.75) is 65.3 Å². The second kappa shape index (κ2) is 6.06. The molecule has 0 aromatic heterocycles. The number of sulfonamides is 1. The molecule has 0 unspecified atom stereocenters. The van der Waals surface area contributed by atoms with Gasteiger partial charge in [0.05, 0.1) is 4.90 Å². The largest absolute Gasteiger partial charge is 0.241 e. The van der Waals surface area contributed by atoms with Crippen LogP contribution >= 0.6 is 0 Å². The zero-order valence-electron chi connectivity index (χ0n) is 12.8. The zero-order chi connectivity index (χ0) is 14.8. The summed E-state index contributed by atoms with van der Waals surface area (Å²) in [5, 5.41) is 0. The van der Waals surface area contributed by atoms with Crippen LogP contribution in [0.1, 0.15) is 48.9 Å². The lowest BCUT2D eigenvalue weighted by Gasteiger charge is -2.19. The van der Waals surface area contributed by atoms with Gasteiger partial charge in [-0.1, -0.05) is 19.9 Å². The van der Waals surface area contributed by atoms with Gasteiger partial charge in [-0.25, -0.2) is 13.1 Å². The molecule has 0 fully saturated rings. The topological polar surface area (TPSA) is 46.2 Å². The minimum atomic E-state index is -3.44. The molecule has 0 amide bonds. The van der Waals surface area contributed by atoms with Crippen LogP contribution in [-0.4, -0.2) is 14.5 Å². The number of benzene rings is 1. The molecule has 1 aromatic rings. The quantitative estimate of drug-likeness (QED) is 0.900. The van der Waals surface area contributed by atoms with Crippen LogP contribution in [0.3, 0.4) is 0 Å². The van der Waals surface area contributed by atoms with Gasteiger partial charge in [-0.15, -0.1) is 0 Å². The van der Waals surface area contributed by atoms with Crippen molar-refractivity contribution in [3.05, 3.63) is 28.3 Å². The molecule has 0 radical (unpaired) electrons. The first-order valence-electron chi connectivity index (χ1n) is 6.84. The summed E-state index contributed by atoms with van der Waals surface area (Å²) in [7, 11) is -3.44. The highest BCUT2D eigenvalue weighted by Crippen LogP contribution is 2.26. The molecule has 0 saturated carbocycles. The van der Waals surface area contributed by atoms with E-state index >= 15 is 0 Å². The fourth-order valence-electron chi connectivity index (χ4n) is 2.32. The SMILES string of the molecule is CCC(CC)NS(=O)(=O)c1c(C)c(C)cc(C)c1C. The summed E-state index contributed by atoms with van der Waals surface area (Å²) >= 11 is 0. The lowest BCUT2D eigenvalue weighted by Crippen LogP contribution is -2.34. The van der Waals surface area contributed by atoms with Crippen molar-refractivity contribution in [1.82, 2.24) is 4.72 Å². The molecule has 1 rings (SSSR count). The smallest absolute Gasteiger partial charge is 0.208 e. The second-order valence-corrected chi connectivity index (χ2v) is 6.88. The Morgan fingerprint density at radius 2 is 1.42 bits per heavy atom. The van der Waals surface area contributed by atoms with Crippen LogP contribution in [0.15, 0.2) is 11.0 Å². The van der Waals surface area contributed by atoms with E-state index in [4.69, 9.17) is 0 Å². The molecule has 3 nitrogen and oxygen atoms in total. The summed E-state index contributed by atoms with van der Waals surface area (Å²) in [5.41, 5.74) is 3.74. The molecule has 0 heterocycles. The third kappa shape index (κ3) is 3.37. The van der Waals surface area contributed by atoms with Crippen molar-refractivity contribution in [2.24, 2.45) is 0 Å². The maximum atomic E-state index is 12.6. The summed E-state index contributed by atoms with van der Waals surface area (Å²) in [4.78, 5) is 0.455. The fraction of sp³-hybridized carbons (Fsp3) is 0.600. The highest BCUT2D eigenvalue weighted by Gasteiger charge is 2.23. The maximum absolute atomic E-state index is 12.6. The van der Waals surface area contributed by atoms with Gasteiger partial charge in [-0.2, -0.15) is 0 Å². The van der Waals surface area contributed by atoms with Crippen LogP contribution in [0, 0.1) is 27.7 Å². The number of hydrogen-bond donors (Lipinski definition) is 1. The highest BCUT2D eigenvalue weighted by atomic mass is 32.2. The van der Waals surface area contributed by atoms with Crippen LogP contribution in [-0.2, 0) is 10.0 Å². The molecule has 19 heavy (non-hydrogen) atoms. The molecule has 0 aliphatic carbocycles. The molecule has 0 spiro atoms. The molecular formula is C15H25NO2S. The Hall–Kier alpha value is -0.870. The molecule has 4 heteroatoms. The lowest BCUT2D eigenvalue weighted by atomic mass is 10.0. The Kier molecular flexibility index (Phi) is 5.16. The first-order valence-corrected chi connectivity index (χ1v) is 8.32. The van der Waals surface area contributed by atoms with E-state index < -0.39 is 10.0 Å². The molecule has 0 aliphatic heterocycles. The number of rotatable bonds is 5. The zero-order valence-corrected chi connectivity index (χ0v) is 13.6. The van der Waals surface area contributed by atoms with Gasteiger partial charge in [0.2, 0.25) is 10.0 Å². The van der Waals surface area contributed by atoms with Gasteiger partial charge >= 0.3 is 0 Å². The first-order chi connectivity index (χ1) is 8.74. The highest BCUT2D eigenvalue weighted by molar-refractivity contribution is 7.89. The normalized spacial score (nSPS) is 12.2. The van der Waals surface area contributed by atoms with Crippen molar-refractivity contribution in [3.63, 3.8) is 0 Å². The Balaban J connectivity index is 3.37. The van der Waals surface area contributed by atoms with E-state index in [1.54, 1.807) is 0 Å². The van der Waals surface area contributed by atoms with Crippen LogP contribution < -0.4 is 4.72 Å². The fourth-order valence-corrected chi connectivity index (χ4v) is 4.34. The van der Waals surface area contributed by atoms with Crippen LogP contribution in [0.5, 0.6) is 0 Å². The van der Waals surface area contributed by atoms with Crippen molar-refractivity contribution in [3.8, 4) is 0 Å². The average molecular weight is 283 g/mol. The van der Waals surface area contributed by atoms with Crippen LogP contribution in [0.25, 0.3) is 0 Å². The van der Waals surface area contributed by atoms with Gasteiger partial charge in [0.25, 0.3) is 0 Å². The summed E-state index contributed by atoms with van der Waals surface area (Å²) in [6, 6.07) is 2.05. The summed E-state index contributed by atoms with van der Waals surface area (Å²) in [5.74, 6) is 0. The molecule has 108 valence electrons. The minimum Gasteiger partial charge on any atom is -0.208 e. The van der Waals surface area contributed by atoms with Gasteiger partial charge < -0.3 is 0 Å². The molecule has 1 N–H and O–H groups in total. The minimum absolute atomic E-state index is 0.00428. The Morgan fingerprint density at radius 1 is 1.00 bits per heavy atom. The maximum Gasteiger partial charge on any atom is 0.241 e. The van der Waals surface area contributed by atoms with E-state index in [1.165, 1.54) is 0 Å². The lowest BCUT2D eigenvalue weighted by molar-refractivity contribution is 0.529. The predicted molar refractivity (Wildman–Crippen MR) is 80.1 cm³/mol. The van der Waals surface area contributed by atoms with Gasteiger partial charge in [-0.3, -0.25) is 0 Å². The molecule has 0 saturated heterocycles. The predicted octanol–water partition coefficient (Wildman–Crippen LogP) is 3.39. The van der Waals surface area contributed by atoms with Crippen LogP contribution in [0.4, 0.5) is 0 Å². The number of hydrogen-bond acceptors (Lipinski definition) is 2. The first kappa shape index (κ1) is 16.2. The van der Waals surface area contributed by atoms with Crippen molar-refractivity contribution in [2.75, 3.05) is 0 Å². The third-order valence-electron chi connectivity index (χ3n) is 3.87. The van der Waals surface area contributed by atoms with Crippen molar-refractivity contribution >= 4 is 10.0 Å². The summed E-state index contributed by atoms with van der Waals surface area (Å²) in [6.07, 6.45) is 1.61. The van der Waals surface area contributed by atoms with Crippen LogP contribution in [0.2, 0.25) is 0 Å². The van der Waals surface area contributed by atoms with Gasteiger partial charge in [-0.05, 0) is 62.8 Å². The standard InChI is InChI=1S/C15H25NO2S/c1-7-14(8-2)16-19(17,18)15-12(5)10(3)9-11(4)13(15)6/h9,14,16H,7-8H2,1-6H3. The Morgan fingerprint density at radius 3 is 1.79 bits per heavy atom. The van der Waals surface area contributed by atoms with E-state index in [0.717, 1.165) is 35.1 Å². The Bertz CT molecular complexity index is 532. The average Bonchev–Trinajstić information content (AvgIpc) is 2.33. The van der Waals surface area contributed by atoms with E-state index in [0.29, 0.717) is 4.90 Å². The van der Waals surface area contributed by atoms with Crippen molar-refractivity contribution < 1.29 is 8.42 Å². The molecule has 1 aromatic carbocycles. The van der Waals surface area contributed by atoms with E-state index in [1.807, 2.05) is 47.6 Å². The summed E-state index contributed by atoms with van der Waals surface area (Å²) in [6.45, 7) is 11.7. The van der Waals surface area contributed by atoms with E-state index in [-0.39, 0.29) is 6.04 Å².